The van der Waals surface area contributed by atoms with E-state index in [-0.39, 0.29) is 24.8 Å². The Morgan fingerprint density at radius 3 is 2.21 bits per heavy atom. The maximum atomic E-state index is 5.99. The Balaban J connectivity index is 0.00000140. The highest BCUT2D eigenvalue weighted by molar-refractivity contribution is 5.85. The molecular weight excluding hydrogens is 397 g/mol. The maximum Gasteiger partial charge on any atom is 0.222 e. The molecule has 0 spiro atoms. The number of rotatable bonds is 4. The largest absolute Gasteiger partial charge is 0.368 e. The van der Waals surface area contributed by atoms with Crippen molar-refractivity contribution in [3.05, 3.63) is 11.8 Å². The standard InChI is InChI=1S/C19H33N7.2ClH/c1-2-24-7-9-25(10-8-24)16-3-5-26(6-4-16)18-13-17(22-19(21)23-18)14-11-15(20)12-14;;/h13-16H,2-12,20H2,1H3,(H2,21,22,23);2*1H. The van der Waals surface area contributed by atoms with Gasteiger partial charge in [0.05, 0.1) is 5.69 Å². The second-order valence-electron chi connectivity index (χ2n) is 8.13. The third-order valence-electron chi connectivity index (χ3n) is 6.50. The molecule has 3 aliphatic rings. The molecular formula is C19H35Cl2N7. The summed E-state index contributed by atoms with van der Waals surface area (Å²) in [6.45, 7) is 10.4. The summed E-state index contributed by atoms with van der Waals surface area (Å²) in [6.07, 6.45) is 4.45. The zero-order chi connectivity index (χ0) is 18.1. The number of anilines is 2. The van der Waals surface area contributed by atoms with Crippen molar-refractivity contribution < 1.29 is 0 Å². The predicted octanol–water partition coefficient (Wildman–Crippen LogP) is 1.71. The van der Waals surface area contributed by atoms with Crippen molar-refractivity contribution in [3.63, 3.8) is 0 Å². The van der Waals surface area contributed by atoms with Crippen molar-refractivity contribution in [2.75, 3.05) is 56.4 Å². The molecule has 9 heteroatoms. The van der Waals surface area contributed by atoms with Crippen LogP contribution in [-0.2, 0) is 0 Å². The van der Waals surface area contributed by atoms with Crippen LogP contribution in [0.15, 0.2) is 6.07 Å². The Kier molecular flexibility index (Phi) is 8.58. The highest BCUT2D eigenvalue weighted by Crippen LogP contribution is 2.36. The Labute approximate surface area is 181 Å². The van der Waals surface area contributed by atoms with Crippen LogP contribution in [0.2, 0.25) is 0 Å². The van der Waals surface area contributed by atoms with Crippen molar-refractivity contribution >= 4 is 36.6 Å². The summed E-state index contributed by atoms with van der Waals surface area (Å²) in [6, 6.07) is 3.19. The normalized spacial score (nSPS) is 26.9. The van der Waals surface area contributed by atoms with Gasteiger partial charge in [-0.2, -0.15) is 4.98 Å². The lowest BCUT2D eigenvalue weighted by Crippen LogP contribution is -2.53. The van der Waals surface area contributed by atoms with E-state index in [9.17, 15) is 0 Å². The van der Waals surface area contributed by atoms with Gasteiger partial charge in [-0.3, -0.25) is 4.90 Å². The molecule has 28 heavy (non-hydrogen) atoms. The molecule has 4 N–H and O–H groups in total. The zero-order valence-electron chi connectivity index (χ0n) is 16.8. The molecule has 0 unspecified atom stereocenters. The highest BCUT2D eigenvalue weighted by Gasteiger charge is 2.31. The van der Waals surface area contributed by atoms with Crippen LogP contribution >= 0.6 is 24.8 Å². The predicted molar refractivity (Wildman–Crippen MR) is 120 cm³/mol. The van der Waals surface area contributed by atoms with Crippen LogP contribution in [0, 0.1) is 0 Å². The molecule has 0 radical (unpaired) electrons. The Bertz CT molecular complexity index is 610. The van der Waals surface area contributed by atoms with E-state index in [4.69, 9.17) is 11.5 Å². The summed E-state index contributed by atoms with van der Waals surface area (Å²) in [5.41, 5.74) is 13.0. The van der Waals surface area contributed by atoms with Gasteiger partial charge in [-0.05, 0) is 32.2 Å². The average molecular weight is 432 g/mol. The second-order valence-corrected chi connectivity index (χ2v) is 8.13. The molecule has 0 amide bonds. The minimum atomic E-state index is 0. The fourth-order valence-electron chi connectivity index (χ4n) is 4.65. The van der Waals surface area contributed by atoms with Crippen LogP contribution < -0.4 is 16.4 Å². The SMILES string of the molecule is CCN1CCN(C2CCN(c3cc(C4CC(N)C4)nc(N)n3)CC2)CC1.Cl.Cl. The lowest BCUT2D eigenvalue weighted by Gasteiger charge is -2.43. The van der Waals surface area contributed by atoms with Crippen molar-refractivity contribution in [1.82, 2.24) is 19.8 Å². The van der Waals surface area contributed by atoms with E-state index in [1.165, 1.54) is 45.6 Å². The number of likely N-dealkylation sites (N-methyl/N-ethyl adjacent to an activating group) is 1. The lowest BCUT2D eigenvalue weighted by atomic mass is 9.78. The fourth-order valence-corrected chi connectivity index (χ4v) is 4.65. The van der Waals surface area contributed by atoms with Crippen LogP contribution in [-0.4, -0.2) is 77.7 Å². The average Bonchev–Trinajstić information content (AvgIpc) is 2.65. The smallest absolute Gasteiger partial charge is 0.222 e. The van der Waals surface area contributed by atoms with Gasteiger partial charge in [0.25, 0.3) is 0 Å². The summed E-state index contributed by atoms with van der Waals surface area (Å²) in [5, 5.41) is 0. The summed E-state index contributed by atoms with van der Waals surface area (Å²) >= 11 is 0. The van der Waals surface area contributed by atoms with Crippen molar-refractivity contribution in [3.8, 4) is 0 Å². The van der Waals surface area contributed by atoms with E-state index < -0.39 is 0 Å². The van der Waals surface area contributed by atoms with E-state index in [1.807, 2.05) is 0 Å². The summed E-state index contributed by atoms with van der Waals surface area (Å²) in [4.78, 5) is 16.6. The molecule has 1 aromatic rings. The molecule has 1 aromatic heterocycles. The maximum absolute atomic E-state index is 5.99. The van der Waals surface area contributed by atoms with E-state index in [0.717, 1.165) is 37.4 Å². The van der Waals surface area contributed by atoms with Gasteiger partial charge in [0.1, 0.15) is 5.82 Å². The van der Waals surface area contributed by atoms with Crippen molar-refractivity contribution in [2.24, 2.45) is 5.73 Å². The zero-order valence-corrected chi connectivity index (χ0v) is 18.4. The van der Waals surface area contributed by atoms with Gasteiger partial charge in [0.15, 0.2) is 0 Å². The molecule has 2 aliphatic heterocycles. The molecule has 0 bridgehead atoms. The monoisotopic (exact) mass is 431 g/mol. The number of nitrogen functional groups attached to an aromatic ring is 1. The first-order valence-electron chi connectivity index (χ1n) is 10.2. The van der Waals surface area contributed by atoms with Gasteiger partial charge in [-0.15, -0.1) is 24.8 Å². The van der Waals surface area contributed by atoms with Crippen molar-refractivity contribution in [2.45, 2.75) is 50.6 Å². The van der Waals surface area contributed by atoms with Crippen LogP contribution in [0.25, 0.3) is 0 Å². The van der Waals surface area contributed by atoms with Gasteiger partial charge in [-0.1, -0.05) is 6.92 Å². The number of aromatic nitrogens is 2. The van der Waals surface area contributed by atoms with Gasteiger partial charge in [-0.25, -0.2) is 4.98 Å². The Hall–Kier alpha value is -0.860. The topological polar surface area (TPSA) is 87.5 Å². The van der Waals surface area contributed by atoms with Gasteiger partial charge in [0.2, 0.25) is 5.95 Å². The molecule has 4 rings (SSSR count). The first-order chi connectivity index (χ1) is 12.6. The number of nitrogens with zero attached hydrogens (tertiary/aromatic N) is 5. The molecule has 3 heterocycles. The van der Waals surface area contributed by atoms with Crippen LogP contribution in [0.5, 0.6) is 0 Å². The molecule has 7 nitrogen and oxygen atoms in total. The van der Waals surface area contributed by atoms with Gasteiger partial charge in [0, 0.05) is 63.3 Å². The molecule has 0 aromatic carbocycles. The molecule has 1 saturated carbocycles. The second kappa shape index (κ2) is 10.3. The van der Waals surface area contributed by atoms with Crippen LogP contribution in [0.3, 0.4) is 0 Å². The molecule has 0 atom stereocenters. The number of piperidine rings is 1. The Morgan fingerprint density at radius 2 is 1.64 bits per heavy atom. The number of piperazine rings is 1. The lowest BCUT2D eigenvalue weighted by molar-refractivity contribution is 0.0878. The highest BCUT2D eigenvalue weighted by atomic mass is 35.5. The van der Waals surface area contributed by atoms with Crippen LogP contribution in [0.1, 0.15) is 44.2 Å². The fraction of sp³-hybridized carbons (Fsp3) is 0.789. The third kappa shape index (κ3) is 5.19. The van der Waals surface area contributed by atoms with Crippen LogP contribution in [0.4, 0.5) is 11.8 Å². The first kappa shape index (κ1) is 23.4. The number of nitrogens with two attached hydrogens (primary N) is 2. The minimum absolute atomic E-state index is 0. The number of hydrogen-bond acceptors (Lipinski definition) is 7. The quantitative estimate of drug-likeness (QED) is 0.749. The number of hydrogen-bond donors (Lipinski definition) is 2. The van der Waals surface area contributed by atoms with E-state index in [0.29, 0.717) is 23.9 Å². The first-order valence-corrected chi connectivity index (χ1v) is 10.2. The van der Waals surface area contributed by atoms with E-state index in [2.05, 4.69) is 37.7 Å². The summed E-state index contributed by atoms with van der Waals surface area (Å²) in [5.74, 6) is 1.86. The molecule has 1 aliphatic carbocycles. The van der Waals surface area contributed by atoms with E-state index >= 15 is 0 Å². The third-order valence-corrected chi connectivity index (χ3v) is 6.50. The molecule has 2 saturated heterocycles. The number of halogens is 2. The summed E-state index contributed by atoms with van der Waals surface area (Å²) in [7, 11) is 0. The van der Waals surface area contributed by atoms with Gasteiger partial charge < -0.3 is 21.3 Å². The molecule has 3 fully saturated rings. The van der Waals surface area contributed by atoms with Crippen molar-refractivity contribution in [1.29, 1.82) is 0 Å². The van der Waals surface area contributed by atoms with Gasteiger partial charge >= 0.3 is 0 Å². The van der Waals surface area contributed by atoms with E-state index in [1.54, 1.807) is 0 Å². The summed E-state index contributed by atoms with van der Waals surface area (Å²) < 4.78 is 0. The molecule has 160 valence electrons. The Morgan fingerprint density at radius 1 is 1.00 bits per heavy atom. The minimum Gasteiger partial charge on any atom is -0.368 e.